The van der Waals surface area contributed by atoms with Crippen LogP contribution in [0.25, 0.3) is 5.69 Å². The molecule has 0 fully saturated rings. The minimum atomic E-state index is -0.497. The first kappa shape index (κ1) is 35.8. The quantitative estimate of drug-likeness (QED) is 0.162. The number of carbonyl (C=O) groups is 3. The molecular weight excluding hydrogens is 645 g/mol. The van der Waals surface area contributed by atoms with Crippen LogP contribution in [-0.4, -0.2) is 68.1 Å². The van der Waals surface area contributed by atoms with Crippen LogP contribution in [0.2, 0.25) is 5.02 Å². The molecule has 9 nitrogen and oxygen atoms in total. The first-order chi connectivity index (χ1) is 23.6. The number of anilines is 1. The molecule has 1 aliphatic heterocycles. The Bertz CT molecular complexity index is 1820. The Hall–Kier alpha value is -4.54. The third-order valence-corrected chi connectivity index (χ3v) is 9.24. The minimum absolute atomic E-state index is 0.101. The van der Waals surface area contributed by atoms with Crippen molar-refractivity contribution in [2.45, 2.75) is 71.9 Å². The highest BCUT2D eigenvalue weighted by molar-refractivity contribution is 6.31. The number of aliphatic hydroxyl groups is 1. The van der Waals surface area contributed by atoms with Crippen molar-refractivity contribution in [2.75, 3.05) is 25.0 Å². The van der Waals surface area contributed by atoms with Gasteiger partial charge in [-0.1, -0.05) is 68.6 Å². The number of rotatable bonds is 13. The lowest BCUT2D eigenvalue weighted by Crippen LogP contribution is -2.46. The summed E-state index contributed by atoms with van der Waals surface area (Å²) in [6.07, 6.45) is 4.09. The van der Waals surface area contributed by atoms with Crippen LogP contribution in [0.1, 0.15) is 82.8 Å². The van der Waals surface area contributed by atoms with E-state index < -0.39 is 17.8 Å². The second-order valence-electron chi connectivity index (χ2n) is 12.5. The van der Waals surface area contributed by atoms with Crippen LogP contribution in [0.5, 0.6) is 0 Å². The molecule has 49 heavy (non-hydrogen) atoms. The third-order valence-electron chi connectivity index (χ3n) is 8.89. The first-order valence-corrected chi connectivity index (χ1v) is 17.2. The number of unbranched alkanes of at least 4 members (excludes halogenated alkanes) is 2. The van der Waals surface area contributed by atoms with E-state index in [9.17, 15) is 23.9 Å². The number of nitrogens with zero attached hydrogens (tertiary/aromatic N) is 4. The second kappa shape index (κ2) is 16.2. The Morgan fingerprint density at radius 3 is 2.39 bits per heavy atom. The Balaban J connectivity index is 1.51. The standard InChI is InChI=1S/C38H43ClFN5O4/c1-4-6-16-43(17-7-5-2)38(49)34-18-25(3)45(42-34)35-15-14-30(41-36(47)20-27-12-13-29(40)21-33(27)39)22-32(35)37(48)44-23-28-11-9-8-10-26(28)19-31(44)24-46/h8-15,18,21-22,31,46H,4-7,16-17,19-20,23-24H2,1-3H3,(H,41,47). The van der Waals surface area contributed by atoms with Crippen LogP contribution >= 0.6 is 11.6 Å². The van der Waals surface area contributed by atoms with E-state index >= 15 is 0 Å². The maximum absolute atomic E-state index is 14.5. The largest absolute Gasteiger partial charge is 0.394 e. The highest BCUT2D eigenvalue weighted by atomic mass is 35.5. The SMILES string of the molecule is CCCCN(CCCC)C(=O)c1cc(C)n(-c2ccc(NC(=O)Cc3ccc(F)cc3Cl)cc2C(=O)N2Cc3ccccc3CC2CO)n1. The molecule has 3 amide bonds. The van der Waals surface area contributed by atoms with E-state index in [4.69, 9.17) is 16.7 Å². The molecule has 0 bridgehead atoms. The number of aromatic nitrogens is 2. The van der Waals surface area contributed by atoms with E-state index in [1.807, 2.05) is 36.1 Å². The summed E-state index contributed by atoms with van der Waals surface area (Å²) in [6.45, 7) is 7.36. The molecule has 0 saturated carbocycles. The van der Waals surface area contributed by atoms with Gasteiger partial charge in [-0.05, 0) is 79.3 Å². The predicted molar refractivity (Wildman–Crippen MR) is 189 cm³/mol. The summed E-state index contributed by atoms with van der Waals surface area (Å²) in [7, 11) is 0. The lowest BCUT2D eigenvalue weighted by molar-refractivity contribution is -0.115. The summed E-state index contributed by atoms with van der Waals surface area (Å²) in [6, 6.07) is 17.9. The first-order valence-electron chi connectivity index (χ1n) is 16.9. The molecule has 5 rings (SSSR count). The lowest BCUT2D eigenvalue weighted by atomic mass is 9.93. The van der Waals surface area contributed by atoms with Crippen molar-refractivity contribution in [1.29, 1.82) is 0 Å². The molecule has 3 aromatic carbocycles. The minimum Gasteiger partial charge on any atom is -0.394 e. The number of halogens is 2. The summed E-state index contributed by atoms with van der Waals surface area (Å²) in [5.41, 5.74) is 4.52. The Morgan fingerprint density at radius 1 is 1.00 bits per heavy atom. The van der Waals surface area contributed by atoms with Gasteiger partial charge in [0.05, 0.1) is 30.3 Å². The summed E-state index contributed by atoms with van der Waals surface area (Å²) in [5, 5.41) is 18.1. The number of aliphatic hydroxyl groups excluding tert-OH is 1. The van der Waals surface area contributed by atoms with Gasteiger partial charge in [0.1, 0.15) is 5.82 Å². The van der Waals surface area contributed by atoms with E-state index in [0.717, 1.165) is 42.9 Å². The van der Waals surface area contributed by atoms with Crippen LogP contribution in [-0.2, 0) is 24.2 Å². The normalized spacial score (nSPS) is 14.0. The van der Waals surface area contributed by atoms with Gasteiger partial charge >= 0.3 is 0 Å². The van der Waals surface area contributed by atoms with Crippen molar-refractivity contribution in [3.8, 4) is 5.69 Å². The monoisotopic (exact) mass is 687 g/mol. The molecule has 258 valence electrons. The fourth-order valence-electron chi connectivity index (χ4n) is 6.15. The second-order valence-corrected chi connectivity index (χ2v) is 12.9. The van der Waals surface area contributed by atoms with Crippen LogP contribution < -0.4 is 5.32 Å². The molecule has 1 aromatic heterocycles. The summed E-state index contributed by atoms with van der Waals surface area (Å²) in [5.74, 6) is -1.41. The van der Waals surface area contributed by atoms with E-state index in [1.165, 1.54) is 12.1 Å². The van der Waals surface area contributed by atoms with Crippen molar-refractivity contribution < 1.29 is 23.9 Å². The number of carbonyl (C=O) groups excluding carboxylic acids is 3. The van der Waals surface area contributed by atoms with Gasteiger partial charge in [0, 0.05) is 36.0 Å². The van der Waals surface area contributed by atoms with Crippen LogP contribution in [0.4, 0.5) is 10.1 Å². The van der Waals surface area contributed by atoms with Gasteiger partial charge in [0.25, 0.3) is 11.8 Å². The van der Waals surface area contributed by atoms with Crippen molar-refractivity contribution in [2.24, 2.45) is 0 Å². The fourth-order valence-corrected chi connectivity index (χ4v) is 6.39. The Kier molecular flexibility index (Phi) is 11.9. The molecule has 11 heteroatoms. The lowest BCUT2D eigenvalue weighted by Gasteiger charge is -2.36. The van der Waals surface area contributed by atoms with Crippen LogP contribution in [0.15, 0.2) is 66.7 Å². The predicted octanol–water partition coefficient (Wildman–Crippen LogP) is 6.76. The summed E-state index contributed by atoms with van der Waals surface area (Å²) in [4.78, 5) is 44.7. The van der Waals surface area contributed by atoms with Crippen molar-refractivity contribution in [3.05, 3.63) is 111 Å². The number of aryl methyl sites for hydroxylation is 1. The molecule has 0 radical (unpaired) electrons. The summed E-state index contributed by atoms with van der Waals surface area (Å²) >= 11 is 6.16. The van der Waals surface area contributed by atoms with Crippen molar-refractivity contribution >= 4 is 35.0 Å². The van der Waals surface area contributed by atoms with Gasteiger partial charge < -0.3 is 20.2 Å². The highest BCUT2D eigenvalue weighted by Gasteiger charge is 2.32. The molecule has 1 unspecified atom stereocenters. The number of hydrogen-bond acceptors (Lipinski definition) is 5. The number of fused-ring (bicyclic) bond motifs is 1. The highest BCUT2D eigenvalue weighted by Crippen LogP contribution is 2.29. The Morgan fingerprint density at radius 2 is 1.71 bits per heavy atom. The maximum atomic E-state index is 14.5. The van der Waals surface area contributed by atoms with Gasteiger partial charge in [-0.2, -0.15) is 5.10 Å². The number of hydrogen-bond donors (Lipinski definition) is 2. The molecule has 0 aliphatic carbocycles. The third kappa shape index (κ3) is 8.37. The number of nitrogens with one attached hydrogen (secondary N) is 1. The fraction of sp³-hybridized carbons (Fsp3) is 0.368. The summed E-state index contributed by atoms with van der Waals surface area (Å²) < 4.78 is 15.2. The van der Waals surface area contributed by atoms with Gasteiger partial charge in [0.2, 0.25) is 5.91 Å². The molecule has 2 N–H and O–H groups in total. The van der Waals surface area contributed by atoms with E-state index in [2.05, 4.69) is 19.2 Å². The zero-order valence-electron chi connectivity index (χ0n) is 28.2. The molecule has 4 aromatic rings. The maximum Gasteiger partial charge on any atom is 0.274 e. The molecular formula is C38H43ClFN5O4. The van der Waals surface area contributed by atoms with Crippen LogP contribution in [0.3, 0.4) is 0 Å². The zero-order valence-corrected chi connectivity index (χ0v) is 29.0. The average Bonchev–Trinajstić information content (AvgIpc) is 3.49. The average molecular weight is 688 g/mol. The Labute approximate surface area is 291 Å². The molecule has 0 saturated heterocycles. The van der Waals surface area contributed by atoms with Gasteiger partial charge in [-0.15, -0.1) is 0 Å². The van der Waals surface area contributed by atoms with E-state index in [0.29, 0.717) is 48.7 Å². The van der Waals surface area contributed by atoms with E-state index in [1.54, 1.807) is 33.8 Å². The number of benzene rings is 3. The molecule has 1 aliphatic rings. The topological polar surface area (TPSA) is 108 Å². The number of amides is 3. The van der Waals surface area contributed by atoms with Crippen molar-refractivity contribution in [3.63, 3.8) is 0 Å². The molecule has 1 atom stereocenters. The zero-order chi connectivity index (χ0) is 35.1. The van der Waals surface area contributed by atoms with E-state index in [-0.39, 0.29) is 41.1 Å². The molecule has 2 heterocycles. The van der Waals surface area contributed by atoms with Gasteiger partial charge in [-0.3, -0.25) is 14.4 Å². The smallest absolute Gasteiger partial charge is 0.274 e. The van der Waals surface area contributed by atoms with Crippen LogP contribution in [0, 0.1) is 12.7 Å². The van der Waals surface area contributed by atoms with Gasteiger partial charge in [-0.25, -0.2) is 9.07 Å². The van der Waals surface area contributed by atoms with Crippen molar-refractivity contribution in [1.82, 2.24) is 19.6 Å². The van der Waals surface area contributed by atoms with Gasteiger partial charge in [0.15, 0.2) is 5.69 Å². The molecule has 0 spiro atoms.